The molecule has 1 unspecified atom stereocenters. The molecule has 0 radical (unpaired) electrons. The number of thiophene rings is 1. The van der Waals surface area contributed by atoms with Crippen LogP contribution in [0.1, 0.15) is 33.3 Å². The fraction of sp³-hybridized carbons (Fsp3) is 0.714. The van der Waals surface area contributed by atoms with Crippen LogP contribution in [0, 0.1) is 5.92 Å². The molecule has 1 aromatic heterocycles. The number of piperazine rings is 1. The van der Waals surface area contributed by atoms with Gasteiger partial charge in [0.05, 0.1) is 0 Å². The first-order chi connectivity index (χ1) is 7.99. The van der Waals surface area contributed by atoms with E-state index in [1.165, 1.54) is 5.56 Å². The molecular formula is C14H24N2S. The van der Waals surface area contributed by atoms with Gasteiger partial charge >= 0.3 is 0 Å². The Morgan fingerprint density at radius 1 is 1.53 bits per heavy atom. The predicted octanol–water partition coefficient (Wildman–Crippen LogP) is 2.96. The van der Waals surface area contributed by atoms with Gasteiger partial charge in [0.25, 0.3) is 0 Å². The van der Waals surface area contributed by atoms with Crippen molar-refractivity contribution < 1.29 is 0 Å². The van der Waals surface area contributed by atoms with E-state index in [9.17, 15) is 0 Å². The summed E-state index contributed by atoms with van der Waals surface area (Å²) in [5, 5.41) is 8.12. The molecule has 1 aromatic rings. The molecule has 1 N–H and O–H groups in total. The lowest BCUT2D eigenvalue weighted by molar-refractivity contribution is 0.0476. The highest BCUT2D eigenvalue weighted by Crippen LogP contribution is 2.24. The average Bonchev–Trinajstić information content (AvgIpc) is 2.73. The summed E-state index contributed by atoms with van der Waals surface area (Å²) in [6.07, 6.45) is 0. The summed E-state index contributed by atoms with van der Waals surface area (Å²) in [5.74, 6) is 0.705. The van der Waals surface area contributed by atoms with Gasteiger partial charge in [-0.1, -0.05) is 13.8 Å². The Kier molecular flexibility index (Phi) is 3.91. The zero-order valence-corrected chi connectivity index (χ0v) is 12.2. The van der Waals surface area contributed by atoms with Crippen LogP contribution in [-0.2, 0) is 6.54 Å². The Labute approximate surface area is 109 Å². The van der Waals surface area contributed by atoms with Crippen molar-refractivity contribution >= 4 is 11.3 Å². The van der Waals surface area contributed by atoms with Gasteiger partial charge < -0.3 is 5.32 Å². The molecule has 0 spiro atoms. The van der Waals surface area contributed by atoms with Gasteiger partial charge in [0.1, 0.15) is 0 Å². The van der Waals surface area contributed by atoms with Crippen LogP contribution >= 0.6 is 11.3 Å². The van der Waals surface area contributed by atoms with Gasteiger partial charge in [-0.3, -0.25) is 4.90 Å². The zero-order valence-electron chi connectivity index (χ0n) is 11.4. The summed E-state index contributed by atoms with van der Waals surface area (Å²) < 4.78 is 0. The largest absolute Gasteiger partial charge is 0.311 e. The molecule has 1 fully saturated rings. The van der Waals surface area contributed by atoms with Crippen molar-refractivity contribution in [3.63, 3.8) is 0 Å². The van der Waals surface area contributed by atoms with E-state index in [-0.39, 0.29) is 5.54 Å². The van der Waals surface area contributed by atoms with Gasteiger partial charge in [0.2, 0.25) is 0 Å². The Morgan fingerprint density at radius 3 is 2.88 bits per heavy atom. The van der Waals surface area contributed by atoms with Crippen LogP contribution in [0.5, 0.6) is 0 Å². The minimum absolute atomic E-state index is 0.257. The SMILES string of the molecule is CC(C)C1CN(Cc2ccsc2)C(C)(C)CN1. The Morgan fingerprint density at radius 2 is 2.29 bits per heavy atom. The molecule has 0 amide bonds. The van der Waals surface area contributed by atoms with Crippen LogP contribution in [0.4, 0.5) is 0 Å². The van der Waals surface area contributed by atoms with Crippen molar-refractivity contribution in [3.05, 3.63) is 22.4 Å². The maximum Gasteiger partial charge on any atom is 0.0281 e. The summed E-state index contributed by atoms with van der Waals surface area (Å²) in [4.78, 5) is 2.62. The molecule has 3 heteroatoms. The summed E-state index contributed by atoms with van der Waals surface area (Å²) in [5.41, 5.74) is 1.71. The highest BCUT2D eigenvalue weighted by Gasteiger charge is 2.34. The number of nitrogens with one attached hydrogen (secondary N) is 1. The lowest BCUT2D eigenvalue weighted by Crippen LogP contribution is -2.62. The molecule has 0 aromatic carbocycles. The van der Waals surface area contributed by atoms with Crippen LogP contribution in [-0.4, -0.2) is 29.6 Å². The molecule has 17 heavy (non-hydrogen) atoms. The van der Waals surface area contributed by atoms with Crippen LogP contribution in [0.25, 0.3) is 0 Å². The first-order valence-corrected chi connectivity index (χ1v) is 7.43. The first-order valence-electron chi connectivity index (χ1n) is 6.48. The molecule has 0 bridgehead atoms. The second kappa shape index (κ2) is 5.09. The molecule has 1 aliphatic rings. The van der Waals surface area contributed by atoms with E-state index < -0.39 is 0 Å². The van der Waals surface area contributed by atoms with Gasteiger partial charge in [-0.15, -0.1) is 0 Å². The molecule has 2 heterocycles. The molecule has 2 nitrogen and oxygen atoms in total. The van der Waals surface area contributed by atoms with Gasteiger partial charge in [0, 0.05) is 31.2 Å². The Hall–Kier alpha value is -0.380. The molecule has 1 atom stereocenters. The zero-order chi connectivity index (χ0) is 12.5. The summed E-state index contributed by atoms with van der Waals surface area (Å²) in [7, 11) is 0. The van der Waals surface area contributed by atoms with Crippen molar-refractivity contribution in [1.29, 1.82) is 0 Å². The number of nitrogens with zero attached hydrogens (tertiary/aromatic N) is 1. The molecular weight excluding hydrogens is 228 g/mol. The molecule has 1 saturated heterocycles. The third-order valence-electron chi connectivity index (χ3n) is 3.83. The third kappa shape index (κ3) is 3.09. The molecule has 0 saturated carbocycles. The minimum atomic E-state index is 0.257. The first kappa shape index (κ1) is 13.1. The fourth-order valence-corrected chi connectivity index (χ4v) is 3.03. The van der Waals surface area contributed by atoms with Crippen LogP contribution < -0.4 is 5.32 Å². The molecule has 96 valence electrons. The second-order valence-electron chi connectivity index (χ2n) is 6.06. The fourth-order valence-electron chi connectivity index (χ4n) is 2.37. The molecule has 2 rings (SSSR count). The normalized spacial score (nSPS) is 25.4. The van der Waals surface area contributed by atoms with Crippen LogP contribution in [0.15, 0.2) is 16.8 Å². The van der Waals surface area contributed by atoms with E-state index in [1.807, 2.05) is 0 Å². The van der Waals surface area contributed by atoms with Crippen LogP contribution in [0.2, 0.25) is 0 Å². The summed E-state index contributed by atoms with van der Waals surface area (Å²) in [6, 6.07) is 2.87. The molecule has 0 aliphatic carbocycles. The van der Waals surface area contributed by atoms with Crippen molar-refractivity contribution in [2.45, 2.75) is 45.8 Å². The maximum atomic E-state index is 3.68. The van der Waals surface area contributed by atoms with Gasteiger partial charge in [-0.05, 0) is 42.2 Å². The van der Waals surface area contributed by atoms with Gasteiger partial charge in [-0.25, -0.2) is 0 Å². The van der Waals surface area contributed by atoms with Crippen molar-refractivity contribution in [2.75, 3.05) is 13.1 Å². The number of rotatable bonds is 3. The van der Waals surface area contributed by atoms with Gasteiger partial charge in [0.15, 0.2) is 0 Å². The predicted molar refractivity (Wildman–Crippen MR) is 75.4 cm³/mol. The summed E-state index contributed by atoms with van der Waals surface area (Å²) in [6.45, 7) is 12.6. The van der Waals surface area contributed by atoms with Crippen molar-refractivity contribution in [2.24, 2.45) is 5.92 Å². The van der Waals surface area contributed by atoms with Crippen molar-refractivity contribution in [1.82, 2.24) is 10.2 Å². The molecule has 1 aliphatic heterocycles. The van der Waals surface area contributed by atoms with Gasteiger partial charge in [-0.2, -0.15) is 11.3 Å². The van der Waals surface area contributed by atoms with E-state index in [4.69, 9.17) is 0 Å². The lowest BCUT2D eigenvalue weighted by Gasteiger charge is -2.47. The number of hydrogen-bond donors (Lipinski definition) is 1. The van der Waals surface area contributed by atoms with Crippen molar-refractivity contribution in [3.8, 4) is 0 Å². The standard InChI is InChI=1S/C14H24N2S/c1-11(2)13-8-16(14(3,4)10-15-13)7-12-5-6-17-9-12/h5-6,9,11,13,15H,7-8,10H2,1-4H3. The van der Waals surface area contributed by atoms with E-state index in [0.717, 1.165) is 19.6 Å². The lowest BCUT2D eigenvalue weighted by atomic mass is 9.92. The minimum Gasteiger partial charge on any atom is -0.311 e. The monoisotopic (exact) mass is 252 g/mol. The Balaban J connectivity index is 2.05. The van der Waals surface area contributed by atoms with E-state index in [1.54, 1.807) is 11.3 Å². The average molecular weight is 252 g/mol. The van der Waals surface area contributed by atoms with E-state index in [2.05, 4.69) is 54.7 Å². The quantitative estimate of drug-likeness (QED) is 0.890. The van der Waals surface area contributed by atoms with Crippen LogP contribution in [0.3, 0.4) is 0 Å². The smallest absolute Gasteiger partial charge is 0.0281 e. The summed E-state index contributed by atoms with van der Waals surface area (Å²) >= 11 is 1.79. The Bertz CT molecular complexity index is 343. The van der Waals surface area contributed by atoms with E-state index >= 15 is 0 Å². The van der Waals surface area contributed by atoms with E-state index in [0.29, 0.717) is 12.0 Å². The highest BCUT2D eigenvalue weighted by molar-refractivity contribution is 7.07. The second-order valence-corrected chi connectivity index (χ2v) is 6.84. The maximum absolute atomic E-state index is 3.68. The highest BCUT2D eigenvalue weighted by atomic mass is 32.1. The third-order valence-corrected chi connectivity index (χ3v) is 4.56. The topological polar surface area (TPSA) is 15.3 Å². The number of hydrogen-bond acceptors (Lipinski definition) is 3.